The average molecular weight is 322 g/mol. The number of fused-ring (bicyclic) bond motifs is 1. The minimum Gasteiger partial charge on any atom is -0.352 e. The van der Waals surface area contributed by atoms with Crippen LogP contribution in [0.4, 0.5) is 5.69 Å². The molecule has 122 valence electrons. The van der Waals surface area contributed by atoms with Gasteiger partial charge in [-0.25, -0.2) is 0 Å². The fourth-order valence-electron chi connectivity index (χ4n) is 2.88. The number of nitro groups is 1. The Labute approximate surface area is 139 Å². The molecular weight excluding hydrogens is 304 g/mol. The zero-order valence-electron chi connectivity index (χ0n) is 13.6. The second-order valence-electron chi connectivity index (χ2n) is 6.25. The molecule has 0 saturated carbocycles. The Hall–Kier alpha value is -2.95. The molecule has 5 nitrogen and oxygen atoms in total. The predicted octanol–water partition coefficient (Wildman–Crippen LogP) is 4.97. The minimum absolute atomic E-state index is 0.0153. The van der Waals surface area contributed by atoms with Gasteiger partial charge >= 0.3 is 0 Å². The molecule has 1 aromatic heterocycles. The maximum Gasteiger partial charge on any atom is 0.270 e. The van der Waals surface area contributed by atoms with Gasteiger partial charge in [0.1, 0.15) is 0 Å². The summed E-state index contributed by atoms with van der Waals surface area (Å²) in [7, 11) is 0. The van der Waals surface area contributed by atoms with Crippen molar-refractivity contribution in [1.29, 1.82) is 0 Å². The van der Waals surface area contributed by atoms with Gasteiger partial charge in [0.05, 0.1) is 10.6 Å². The molecule has 0 radical (unpaired) electrons. The van der Waals surface area contributed by atoms with Crippen LogP contribution in [0.1, 0.15) is 30.8 Å². The molecule has 5 heteroatoms. The van der Waals surface area contributed by atoms with Gasteiger partial charge in [-0.05, 0) is 17.5 Å². The number of rotatable bonds is 5. The third kappa shape index (κ3) is 2.93. The number of carbonyl (C=O) groups is 1. The summed E-state index contributed by atoms with van der Waals surface area (Å²) in [5.41, 5.74) is 2.87. The summed E-state index contributed by atoms with van der Waals surface area (Å²) in [5.74, 6) is 0.254. The van der Waals surface area contributed by atoms with Gasteiger partial charge in [0, 0.05) is 35.0 Å². The van der Waals surface area contributed by atoms with E-state index in [2.05, 4.69) is 4.98 Å². The van der Waals surface area contributed by atoms with E-state index in [0.717, 1.165) is 16.6 Å². The molecule has 0 fully saturated rings. The number of H-pyrrole nitrogens is 1. The van der Waals surface area contributed by atoms with Crippen LogP contribution in [-0.2, 0) is 0 Å². The predicted molar refractivity (Wildman–Crippen MR) is 94.2 cm³/mol. The van der Waals surface area contributed by atoms with Gasteiger partial charge in [0.2, 0.25) is 0 Å². The van der Waals surface area contributed by atoms with E-state index in [9.17, 15) is 14.9 Å². The van der Waals surface area contributed by atoms with Crippen LogP contribution in [0, 0.1) is 16.0 Å². The highest BCUT2D eigenvalue weighted by Gasteiger charge is 2.21. The summed E-state index contributed by atoms with van der Waals surface area (Å²) in [6.07, 6.45) is 0.425. The maximum absolute atomic E-state index is 12.7. The molecule has 0 unspecified atom stereocenters. The molecule has 0 aliphatic carbocycles. The Balaban J connectivity index is 2.27. The molecule has 0 aliphatic heterocycles. The number of nitrogens with zero attached hydrogens (tertiary/aromatic N) is 1. The molecule has 1 N–H and O–H groups in total. The van der Waals surface area contributed by atoms with Crippen LogP contribution < -0.4 is 0 Å². The lowest BCUT2D eigenvalue weighted by molar-refractivity contribution is -0.384. The Morgan fingerprint density at radius 1 is 1.17 bits per heavy atom. The van der Waals surface area contributed by atoms with Crippen molar-refractivity contribution >= 4 is 22.4 Å². The quantitative estimate of drug-likeness (QED) is 0.409. The van der Waals surface area contributed by atoms with Crippen molar-refractivity contribution in [3.8, 4) is 11.1 Å². The summed E-state index contributed by atoms with van der Waals surface area (Å²) < 4.78 is 0. The number of hydrogen-bond acceptors (Lipinski definition) is 3. The van der Waals surface area contributed by atoms with E-state index in [4.69, 9.17) is 0 Å². The number of Topliss-reactive ketones (excluding diaryl/α,β-unsaturated/α-hetero) is 1. The molecule has 0 spiro atoms. The van der Waals surface area contributed by atoms with Crippen LogP contribution in [0.5, 0.6) is 0 Å². The van der Waals surface area contributed by atoms with Gasteiger partial charge in [0.15, 0.2) is 5.78 Å². The highest BCUT2D eigenvalue weighted by molar-refractivity contribution is 6.10. The van der Waals surface area contributed by atoms with Crippen molar-refractivity contribution in [1.82, 2.24) is 4.98 Å². The normalized spacial score (nSPS) is 11.1. The van der Waals surface area contributed by atoms with Crippen LogP contribution in [0.2, 0.25) is 0 Å². The van der Waals surface area contributed by atoms with E-state index in [1.165, 1.54) is 12.1 Å². The number of hydrogen-bond donors (Lipinski definition) is 1. The van der Waals surface area contributed by atoms with Crippen LogP contribution in [0.15, 0.2) is 48.5 Å². The standard InChI is InChI=1S/C19H18N2O3/c1-12(2)10-17(22)19-18(13-6-4-3-5-7-13)15-11-14(21(23)24)8-9-16(15)20-19/h3-9,11-12,20H,10H2,1-2H3. The van der Waals surface area contributed by atoms with E-state index in [0.29, 0.717) is 17.5 Å². The lowest BCUT2D eigenvalue weighted by Crippen LogP contribution is -2.05. The monoisotopic (exact) mass is 322 g/mol. The van der Waals surface area contributed by atoms with E-state index < -0.39 is 4.92 Å². The van der Waals surface area contributed by atoms with Crippen LogP contribution >= 0.6 is 0 Å². The first-order valence-electron chi connectivity index (χ1n) is 7.86. The Morgan fingerprint density at radius 2 is 1.88 bits per heavy atom. The fourth-order valence-corrected chi connectivity index (χ4v) is 2.88. The second kappa shape index (κ2) is 6.28. The van der Waals surface area contributed by atoms with Gasteiger partial charge in [-0.1, -0.05) is 44.2 Å². The van der Waals surface area contributed by atoms with E-state index >= 15 is 0 Å². The number of carbonyl (C=O) groups excluding carboxylic acids is 1. The van der Waals surface area contributed by atoms with Crippen molar-refractivity contribution < 1.29 is 9.72 Å². The molecule has 2 aromatic carbocycles. The lowest BCUT2D eigenvalue weighted by atomic mass is 9.97. The van der Waals surface area contributed by atoms with Gasteiger partial charge in [-0.2, -0.15) is 0 Å². The number of ketones is 1. The number of non-ortho nitro benzene ring substituents is 1. The van der Waals surface area contributed by atoms with Crippen molar-refractivity contribution in [2.24, 2.45) is 5.92 Å². The first kappa shape index (κ1) is 15.9. The number of benzene rings is 2. The van der Waals surface area contributed by atoms with Gasteiger partial charge in [-0.15, -0.1) is 0 Å². The van der Waals surface area contributed by atoms with Gasteiger partial charge in [0.25, 0.3) is 5.69 Å². The molecule has 0 atom stereocenters. The molecular formula is C19H18N2O3. The van der Waals surface area contributed by atoms with Crippen LogP contribution in [0.3, 0.4) is 0 Å². The Morgan fingerprint density at radius 3 is 2.50 bits per heavy atom. The largest absolute Gasteiger partial charge is 0.352 e. The minimum atomic E-state index is -0.420. The average Bonchev–Trinajstić information content (AvgIpc) is 2.93. The smallest absolute Gasteiger partial charge is 0.270 e. The third-order valence-corrected chi connectivity index (χ3v) is 3.93. The zero-order valence-corrected chi connectivity index (χ0v) is 13.6. The Kier molecular flexibility index (Phi) is 4.16. The zero-order chi connectivity index (χ0) is 17.3. The van der Waals surface area contributed by atoms with Gasteiger partial charge < -0.3 is 4.98 Å². The van der Waals surface area contributed by atoms with E-state index in [1.807, 2.05) is 44.2 Å². The number of nitrogens with one attached hydrogen (secondary N) is 1. The van der Waals surface area contributed by atoms with Gasteiger partial charge in [-0.3, -0.25) is 14.9 Å². The van der Waals surface area contributed by atoms with Crippen molar-refractivity contribution in [2.75, 3.05) is 0 Å². The first-order valence-corrected chi connectivity index (χ1v) is 7.86. The van der Waals surface area contributed by atoms with Crippen molar-refractivity contribution in [3.05, 3.63) is 64.3 Å². The fraction of sp³-hybridized carbons (Fsp3) is 0.211. The molecule has 3 rings (SSSR count). The first-order chi connectivity index (χ1) is 11.5. The molecule has 24 heavy (non-hydrogen) atoms. The third-order valence-electron chi connectivity index (χ3n) is 3.93. The topological polar surface area (TPSA) is 76.0 Å². The SMILES string of the molecule is CC(C)CC(=O)c1[nH]c2ccc([N+](=O)[O-])cc2c1-c1ccccc1. The summed E-state index contributed by atoms with van der Waals surface area (Å²) in [6, 6.07) is 14.1. The summed E-state index contributed by atoms with van der Waals surface area (Å²) in [5, 5.41) is 11.8. The number of nitro benzene ring substituents is 1. The van der Waals surface area contributed by atoms with Crippen molar-refractivity contribution in [3.63, 3.8) is 0 Å². The molecule has 0 bridgehead atoms. The van der Waals surface area contributed by atoms with Crippen LogP contribution in [0.25, 0.3) is 22.0 Å². The van der Waals surface area contributed by atoms with E-state index in [1.54, 1.807) is 6.07 Å². The molecule has 1 heterocycles. The summed E-state index contributed by atoms with van der Waals surface area (Å²) in [6.45, 7) is 3.99. The number of aromatic nitrogens is 1. The van der Waals surface area contributed by atoms with E-state index in [-0.39, 0.29) is 17.4 Å². The summed E-state index contributed by atoms with van der Waals surface area (Å²) in [4.78, 5) is 26.5. The maximum atomic E-state index is 12.7. The highest BCUT2D eigenvalue weighted by Crippen LogP contribution is 2.35. The molecule has 3 aromatic rings. The Bertz CT molecular complexity index is 911. The second-order valence-corrected chi connectivity index (χ2v) is 6.25. The highest BCUT2D eigenvalue weighted by atomic mass is 16.6. The summed E-state index contributed by atoms with van der Waals surface area (Å²) >= 11 is 0. The molecule has 0 saturated heterocycles. The molecule has 0 aliphatic rings. The van der Waals surface area contributed by atoms with Crippen LogP contribution in [-0.4, -0.2) is 15.7 Å². The number of aromatic amines is 1. The lowest BCUT2D eigenvalue weighted by Gasteiger charge is -2.06. The van der Waals surface area contributed by atoms with Crippen molar-refractivity contribution in [2.45, 2.75) is 20.3 Å². The molecule has 0 amide bonds.